The number of aliphatic hydroxyl groups excluding tert-OH is 2. The van der Waals surface area contributed by atoms with E-state index >= 15 is 0 Å². The third kappa shape index (κ3) is 52.5. The van der Waals surface area contributed by atoms with Gasteiger partial charge < -0.3 is 25.2 Å². The van der Waals surface area contributed by atoms with Crippen molar-refractivity contribution in [3.05, 3.63) is 0 Å². The molecule has 8 nitrogen and oxygen atoms in total. The van der Waals surface area contributed by atoms with Gasteiger partial charge in [0.25, 0.3) is 0 Å². The first-order valence-electron chi connectivity index (χ1n) is 22.7. The zero-order valence-corrected chi connectivity index (χ0v) is 34.8. The molecule has 53 heavy (non-hydrogen) atoms. The second-order valence-corrected chi connectivity index (χ2v) is 15.6. The molecule has 1 atom stereocenters. The first-order valence-corrected chi connectivity index (χ1v) is 22.7. The number of hydrogen-bond donors (Lipinski definition) is 4. The number of aliphatic carboxylic acids is 2. The quantitative estimate of drug-likeness (QED) is 0.0356. The summed E-state index contributed by atoms with van der Waals surface area (Å²) in [7, 11) is 0. The number of unbranched alkanes of at least 4 members (excludes halogenated alkanes) is 33. The second kappa shape index (κ2) is 46.5. The van der Waals surface area contributed by atoms with Gasteiger partial charge in [-0.2, -0.15) is 0 Å². The largest absolute Gasteiger partial charge is 0.481 e. The van der Waals surface area contributed by atoms with Crippen LogP contribution in [-0.4, -0.2) is 57.7 Å². The van der Waals surface area contributed by atoms with Gasteiger partial charge in [-0.15, -0.1) is 0 Å². The Kier molecular flexibility index (Phi) is 46.9. The van der Waals surface area contributed by atoms with E-state index in [2.05, 4.69) is 6.92 Å². The molecule has 0 amide bonds. The number of aliphatic hydroxyl groups is 2. The molecular formula is C45H88O8. The average Bonchev–Trinajstić information content (AvgIpc) is 3.14. The van der Waals surface area contributed by atoms with Gasteiger partial charge in [-0.25, -0.2) is 0 Å². The SMILES string of the molecule is CCCCCCCCCCCCCCCCCCCCCC(=O)OCC(O)CO.O=C(O)CCCCCCCCCCCCCCCCCCC(=O)O. The van der Waals surface area contributed by atoms with E-state index in [1.54, 1.807) is 0 Å². The number of esters is 1. The van der Waals surface area contributed by atoms with E-state index in [0.717, 1.165) is 38.5 Å². The molecule has 0 fully saturated rings. The van der Waals surface area contributed by atoms with Crippen molar-refractivity contribution in [3.63, 3.8) is 0 Å². The van der Waals surface area contributed by atoms with Crippen LogP contribution in [0.15, 0.2) is 0 Å². The molecule has 0 saturated heterocycles. The lowest BCUT2D eigenvalue weighted by Crippen LogP contribution is -2.21. The smallest absolute Gasteiger partial charge is 0.305 e. The van der Waals surface area contributed by atoms with Crippen LogP contribution in [0.2, 0.25) is 0 Å². The summed E-state index contributed by atoms with van der Waals surface area (Å²) in [5.74, 6) is -1.62. The van der Waals surface area contributed by atoms with Crippen molar-refractivity contribution in [2.45, 2.75) is 257 Å². The van der Waals surface area contributed by atoms with Crippen LogP contribution in [-0.2, 0) is 19.1 Å². The summed E-state index contributed by atoms with van der Waals surface area (Å²) in [4.78, 5) is 32.2. The lowest BCUT2D eigenvalue weighted by atomic mass is 10.0. The molecule has 0 aliphatic rings. The van der Waals surface area contributed by atoms with Crippen LogP contribution in [0, 0.1) is 0 Å². The summed E-state index contributed by atoms with van der Waals surface area (Å²) in [5.41, 5.74) is 0. The Hall–Kier alpha value is -1.67. The Morgan fingerprint density at radius 2 is 0.623 bits per heavy atom. The van der Waals surface area contributed by atoms with Gasteiger partial charge in [-0.05, 0) is 19.3 Å². The first kappa shape index (κ1) is 53.4. The zero-order valence-electron chi connectivity index (χ0n) is 34.8. The fraction of sp³-hybridized carbons (Fsp3) is 0.933. The summed E-state index contributed by atoms with van der Waals surface area (Å²) >= 11 is 0. The van der Waals surface area contributed by atoms with Crippen LogP contribution in [0.5, 0.6) is 0 Å². The number of carboxylic acids is 2. The van der Waals surface area contributed by atoms with Crippen LogP contribution >= 0.6 is 0 Å². The number of hydrogen-bond acceptors (Lipinski definition) is 6. The fourth-order valence-electron chi connectivity index (χ4n) is 6.69. The van der Waals surface area contributed by atoms with E-state index in [4.69, 9.17) is 25.2 Å². The van der Waals surface area contributed by atoms with Crippen LogP contribution in [0.3, 0.4) is 0 Å². The Bertz CT molecular complexity index is 729. The molecule has 0 bridgehead atoms. The number of carbonyl (C=O) groups excluding carboxylic acids is 1. The maximum absolute atomic E-state index is 11.4. The van der Waals surface area contributed by atoms with Crippen molar-refractivity contribution in [3.8, 4) is 0 Å². The molecule has 1 unspecified atom stereocenters. The highest BCUT2D eigenvalue weighted by Gasteiger charge is 2.07. The summed E-state index contributed by atoms with van der Waals surface area (Å²) < 4.78 is 4.88. The Morgan fingerprint density at radius 3 is 0.849 bits per heavy atom. The van der Waals surface area contributed by atoms with E-state index in [1.807, 2.05) is 0 Å². The highest BCUT2D eigenvalue weighted by atomic mass is 16.5. The Labute approximate surface area is 327 Å². The maximum Gasteiger partial charge on any atom is 0.305 e. The van der Waals surface area contributed by atoms with Gasteiger partial charge in [-0.3, -0.25) is 14.4 Å². The fourth-order valence-corrected chi connectivity index (χ4v) is 6.69. The van der Waals surface area contributed by atoms with Gasteiger partial charge >= 0.3 is 17.9 Å². The van der Waals surface area contributed by atoms with E-state index in [0.29, 0.717) is 19.3 Å². The molecule has 0 aromatic carbocycles. The Morgan fingerprint density at radius 1 is 0.396 bits per heavy atom. The van der Waals surface area contributed by atoms with Gasteiger partial charge in [0.05, 0.1) is 6.61 Å². The maximum atomic E-state index is 11.4. The predicted octanol–water partition coefficient (Wildman–Crippen LogP) is 12.9. The van der Waals surface area contributed by atoms with Crippen LogP contribution in [0.4, 0.5) is 0 Å². The molecule has 0 saturated carbocycles. The minimum Gasteiger partial charge on any atom is -0.481 e. The van der Waals surface area contributed by atoms with Gasteiger partial charge in [0, 0.05) is 19.3 Å². The van der Waals surface area contributed by atoms with E-state index in [-0.39, 0.29) is 19.2 Å². The van der Waals surface area contributed by atoms with Crippen molar-refractivity contribution in [2.75, 3.05) is 13.2 Å². The van der Waals surface area contributed by atoms with Crippen molar-refractivity contribution < 1.29 is 39.5 Å². The van der Waals surface area contributed by atoms with Crippen LogP contribution in [0.1, 0.15) is 251 Å². The molecule has 0 spiro atoms. The van der Waals surface area contributed by atoms with Gasteiger partial charge in [0.1, 0.15) is 12.7 Å². The van der Waals surface area contributed by atoms with Crippen LogP contribution in [0.25, 0.3) is 0 Å². The number of carboxylic acid groups (broad SMARTS) is 2. The molecule has 0 aliphatic carbocycles. The summed E-state index contributed by atoms with van der Waals surface area (Å²) in [5, 5.41) is 34.8. The third-order valence-corrected chi connectivity index (χ3v) is 10.2. The van der Waals surface area contributed by atoms with Gasteiger partial charge in [0.2, 0.25) is 0 Å². The molecule has 0 aromatic heterocycles. The van der Waals surface area contributed by atoms with Crippen molar-refractivity contribution in [1.29, 1.82) is 0 Å². The minimum atomic E-state index is -0.955. The lowest BCUT2D eigenvalue weighted by Gasteiger charge is -2.08. The molecule has 0 rings (SSSR count). The first-order chi connectivity index (χ1) is 25.8. The Balaban J connectivity index is 0. The van der Waals surface area contributed by atoms with Crippen LogP contribution < -0.4 is 0 Å². The highest BCUT2D eigenvalue weighted by molar-refractivity contribution is 5.69. The molecule has 4 N–H and O–H groups in total. The average molecular weight is 757 g/mol. The van der Waals surface area contributed by atoms with E-state index < -0.39 is 18.0 Å². The molecule has 0 heterocycles. The molecule has 0 radical (unpaired) electrons. The third-order valence-electron chi connectivity index (χ3n) is 10.2. The zero-order chi connectivity index (χ0) is 39.3. The minimum absolute atomic E-state index is 0.103. The molecule has 0 aromatic rings. The van der Waals surface area contributed by atoms with E-state index in [9.17, 15) is 14.4 Å². The second-order valence-electron chi connectivity index (χ2n) is 15.6. The summed E-state index contributed by atoms with van der Waals surface area (Å²) in [6.45, 7) is 1.81. The molecule has 8 heteroatoms. The number of carbonyl (C=O) groups is 3. The number of ether oxygens (including phenoxy) is 1. The van der Waals surface area contributed by atoms with Crippen molar-refractivity contribution >= 4 is 17.9 Å². The topological polar surface area (TPSA) is 141 Å². The summed E-state index contributed by atoms with van der Waals surface area (Å²) in [6.07, 6.45) is 44.8. The summed E-state index contributed by atoms with van der Waals surface area (Å²) in [6, 6.07) is 0. The monoisotopic (exact) mass is 757 g/mol. The lowest BCUT2D eigenvalue weighted by molar-refractivity contribution is -0.147. The van der Waals surface area contributed by atoms with Gasteiger partial charge in [-0.1, -0.05) is 212 Å². The molecule has 0 aliphatic heterocycles. The normalized spacial score (nSPS) is 11.6. The van der Waals surface area contributed by atoms with E-state index in [1.165, 1.54) is 186 Å². The van der Waals surface area contributed by atoms with Crippen molar-refractivity contribution in [2.24, 2.45) is 0 Å². The number of rotatable bonds is 42. The highest BCUT2D eigenvalue weighted by Crippen LogP contribution is 2.16. The predicted molar refractivity (Wildman–Crippen MR) is 220 cm³/mol. The van der Waals surface area contributed by atoms with Crippen molar-refractivity contribution in [1.82, 2.24) is 0 Å². The standard InChI is InChI=1S/C25H50O4.C20H38O4/c1-2-3-4-5-6-7-8-9-10-11-12-13-14-15-16-17-18-19-20-21-25(28)29-23-24(27)22-26;21-19(22)17-15-13-11-9-7-5-3-1-2-4-6-8-10-12-14-16-18-20(23)24/h24,26-27H,2-23H2,1H3;1-18H2,(H,21,22)(H,23,24). The molecular weight excluding hydrogens is 668 g/mol. The van der Waals surface area contributed by atoms with Gasteiger partial charge in [0.15, 0.2) is 0 Å². The molecule has 316 valence electrons.